The molecule has 4 heteroatoms. The van der Waals surface area contributed by atoms with Crippen molar-refractivity contribution >= 4 is 22.1 Å². The summed E-state index contributed by atoms with van der Waals surface area (Å²) in [6, 6.07) is 0. The van der Waals surface area contributed by atoms with E-state index in [2.05, 4.69) is 49.7 Å². The molecule has 38 heavy (non-hydrogen) atoms. The van der Waals surface area contributed by atoms with Crippen molar-refractivity contribution in [2.24, 2.45) is 46.3 Å². The summed E-state index contributed by atoms with van der Waals surface area (Å²) in [6.45, 7) is 10.3. The second-order valence-electron chi connectivity index (χ2n) is 14.5. The molecule has 0 aromatic carbocycles. The summed E-state index contributed by atoms with van der Waals surface area (Å²) in [5.74, 6) is 5.12. The summed E-state index contributed by atoms with van der Waals surface area (Å²) in [5.41, 5.74) is 2.29. The Labute approximate surface area is 242 Å². The Balaban J connectivity index is 1.27. The van der Waals surface area contributed by atoms with Crippen molar-refractivity contribution in [1.29, 1.82) is 0 Å². The van der Waals surface area contributed by atoms with Crippen LogP contribution in [0.2, 0.25) is 0 Å². The van der Waals surface area contributed by atoms with Crippen molar-refractivity contribution in [1.82, 2.24) is 0 Å². The summed E-state index contributed by atoms with van der Waals surface area (Å²) in [5, 5.41) is 10.3. The number of allylic oxidation sites excluding steroid dienone is 1. The van der Waals surface area contributed by atoms with E-state index in [4.69, 9.17) is 9.84 Å². The highest BCUT2D eigenvalue weighted by molar-refractivity contribution is 9.09. The third-order valence-corrected chi connectivity index (χ3v) is 12.8. The molecule has 0 aromatic rings. The molecule has 0 aliphatic heterocycles. The molecule has 0 heterocycles. The molecule has 0 bridgehead atoms. The highest BCUT2D eigenvalue weighted by Crippen LogP contribution is 2.67. The van der Waals surface area contributed by atoms with Crippen LogP contribution in [-0.4, -0.2) is 22.7 Å². The minimum atomic E-state index is -1.11. The van der Waals surface area contributed by atoms with Gasteiger partial charge in [0.2, 0.25) is 0 Å². The van der Waals surface area contributed by atoms with Gasteiger partial charge in [0, 0.05) is 11.8 Å². The first kappa shape index (κ1) is 30.4. The lowest BCUT2D eigenvalue weighted by Gasteiger charge is -2.58. The van der Waals surface area contributed by atoms with E-state index in [1.54, 1.807) is 0 Å². The lowest BCUT2D eigenvalue weighted by Crippen LogP contribution is -2.51. The number of halogens is 1. The third kappa shape index (κ3) is 6.68. The van der Waals surface area contributed by atoms with Crippen molar-refractivity contribution in [3.8, 4) is 0 Å². The predicted octanol–water partition coefficient (Wildman–Crippen LogP) is 10.8. The van der Waals surface area contributed by atoms with Crippen molar-refractivity contribution in [2.75, 3.05) is 5.33 Å². The van der Waals surface area contributed by atoms with Crippen LogP contribution in [0.1, 0.15) is 137 Å². The van der Waals surface area contributed by atoms with Crippen LogP contribution in [0.25, 0.3) is 0 Å². The predicted molar refractivity (Wildman–Crippen MR) is 162 cm³/mol. The molecule has 3 nitrogen and oxygen atoms in total. The molecule has 0 spiro atoms. The molecule has 3 saturated carbocycles. The molecule has 3 fully saturated rings. The molecule has 4 aliphatic rings. The van der Waals surface area contributed by atoms with E-state index < -0.39 is 6.16 Å². The number of alkyl halides is 1. The highest BCUT2D eigenvalue weighted by atomic mass is 79.9. The minimum absolute atomic E-state index is 0.138. The number of fused-ring (bicyclic) bond motifs is 5. The molecule has 0 radical (unpaired) electrons. The normalized spacial score (nSPS) is 37.9. The van der Waals surface area contributed by atoms with Gasteiger partial charge in [-0.05, 0) is 97.7 Å². The van der Waals surface area contributed by atoms with E-state index in [9.17, 15) is 4.79 Å². The fourth-order valence-electron chi connectivity index (χ4n) is 10.1. The zero-order valence-corrected chi connectivity index (χ0v) is 26.6. The highest BCUT2D eigenvalue weighted by Gasteiger charge is 2.59. The molecule has 0 saturated heterocycles. The van der Waals surface area contributed by atoms with Crippen molar-refractivity contribution < 1.29 is 14.6 Å². The standard InChI is InChI=1S/C34H57BrO3/c1-24(11-8-6-5-7-9-22-35)12-10-13-25(2)29-16-17-30-28-15-14-26-23-27(38-32(36)37)18-20-33(26,3)31(28)19-21-34(29,30)4/h14,24-25,27-31H,5-13,15-23H2,1-4H3,(H,36,37)/t24?,25-,27+,28+,29-,30+,31+,33+,34-/m1/s1. The quantitative estimate of drug-likeness (QED) is 0.100. The van der Waals surface area contributed by atoms with Crippen LogP contribution in [0, 0.1) is 46.3 Å². The first-order valence-electron chi connectivity index (χ1n) is 16.3. The fraction of sp³-hybridized carbons (Fsp3) is 0.912. The minimum Gasteiger partial charge on any atom is -0.450 e. The van der Waals surface area contributed by atoms with Crippen LogP contribution >= 0.6 is 15.9 Å². The van der Waals surface area contributed by atoms with Gasteiger partial charge >= 0.3 is 6.16 Å². The Kier molecular flexibility index (Phi) is 10.8. The molecular formula is C34H57BrO3. The molecule has 1 unspecified atom stereocenters. The van der Waals surface area contributed by atoms with Gasteiger partial charge in [0.25, 0.3) is 0 Å². The van der Waals surface area contributed by atoms with E-state index in [-0.39, 0.29) is 11.5 Å². The summed E-state index contributed by atoms with van der Waals surface area (Å²) in [4.78, 5) is 11.1. The van der Waals surface area contributed by atoms with Crippen molar-refractivity contribution in [2.45, 2.75) is 143 Å². The first-order valence-corrected chi connectivity index (χ1v) is 17.5. The monoisotopic (exact) mass is 592 g/mol. The average molecular weight is 594 g/mol. The van der Waals surface area contributed by atoms with Gasteiger partial charge in [-0.3, -0.25) is 0 Å². The number of ether oxygens (including phenoxy) is 1. The Morgan fingerprint density at radius 1 is 0.974 bits per heavy atom. The lowest BCUT2D eigenvalue weighted by atomic mass is 9.47. The third-order valence-electron chi connectivity index (χ3n) is 12.3. The van der Waals surface area contributed by atoms with E-state index in [1.165, 1.54) is 95.5 Å². The van der Waals surface area contributed by atoms with E-state index >= 15 is 0 Å². The second kappa shape index (κ2) is 13.4. The van der Waals surface area contributed by atoms with E-state index in [1.807, 2.05) is 0 Å². The van der Waals surface area contributed by atoms with Crippen LogP contribution in [0.15, 0.2) is 11.6 Å². The number of carboxylic acid groups (broad SMARTS) is 1. The molecule has 0 amide bonds. The van der Waals surface area contributed by atoms with Crippen LogP contribution in [0.3, 0.4) is 0 Å². The molecule has 218 valence electrons. The van der Waals surface area contributed by atoms with E-state index in [0.717, 1.165) is 60.1 Å². The van der Waals surface area contributed by atoms with Crippen LogP contribution in [0.5, 0.6) is 0 Å². The fourth-order valence-corrected chi connectivity index (χ4v) is 10.5. The van der Waals surface area contributed by atoms with Crippen LogP contribution in [0.4, 0.5) is 4.79 Å². The Morgan fingerprint density at radius 3 is 2.47 bits per heavy atom. The maximum absolute atomic E-state index is 11.1. The summed E-state index contributed by atoms with van der Waals surface area (Å²) < 4.78 is 5.21. The second-order valence-corrected chi connectivity index (χ2v) is 15.3. The van der Waals surface area contributed by atoms with Crippen LogP contribution < -0.4 is 0 Å². The maximum Gasteiger partial charge on any atom is 0.506 e. The number of hydrogen-bond donors (Lipinski definition) is 1. The smallest absolute Gasteiger partial charge is 0.450 e. The van der Waals surface area contributed by atoms with Crippen molar-refractivity contribution in [3.05, 3.63) is 11.6 Å². The average Bonchev–Trinajstić information content (AvgIpc) is 3.23. The maximum atomic E-state index is 11.1. The Morgan fingerprint density at radius 2 is 1.71 bits per heavy atom. The molecular weight excluding hydrogens is 536 g/mol. The molecule has 4 rings (SSSR count). The largest absolute Gasteiger partial charge is 0.506 e. The van der Waals surface area contributed by atoms with Gasteiger partial charge in [0.05, 0.1) is 0 Å². The molecule has 1 N–H and O–H groups in total. The van der Waals surface area contributed by atoms with Gasteiger partial charge in [-0.15, -0.1) is 0 Å². The first-order chi connectivity index (χ1) is 18.2. The van der Waals surface area contributed by atoms with Crippen molar-refractivity contribution in [3.63, 3.8) is 0 Å². The van der Waals surface area contributed by atoms with Gasteiger partial charge in [-0.2, -0.15) is 0 Å². The molecule has 9 atom stereocenters. The van der Waals surface area contributed by atoms with Gasteiger partial charge in [0.1, 0.15) is 6.10 Å². The number of unbranched alkanes of at least 4 members (excludes halogenated alkanes) is 4. The van der Waals surface area contributed by atoms with E-state index in [0.29, 0.717) is 5.41 Å². The SMILES string of the molecule is CC(CCCCCCCBr)CCC[C@@H](C)[C@H]1CC[C@H]2[C@@H]3CC=C4C[C@@H](OC(=O)O)CC[C@]4(C)[C@H]3CC[C@]12C. The molecule has 4 aliphatic carbocycles. The Hall–Kier alpha value is -0.510. The summed E-state index contributed by atoms with van der Waals surface area (Å²) >= 11 is 3.54. The topological polar surface area (TPSA) is 46.5 Å². The van der Waals surface area contributed by atoms with Crippen LogP contribution in [-0.2, 0) is 4.74 Å². The van der Waals surface area contributed by atoms with Gasteiger partial charge in [-0.1, -0.05) is 107 Å². The Bertz CT molecular complexity index is 810. The summed E-state index contributed by atoms with van der Waals surface area (Å²) in [6.07, 6.45) is 23.6. The number of carbonyl (C=O) groups is 1. The lowest BCUT2D eigenvalue weighted by molar-refractivity contribution is -0.0601. The van der Waals surface area contributed by atoms with Gasteiger partial charge < -0.3 is 9.84 Å². The summed E-state index contributed by atoms with van der Waals surface area (Å²) in [7, 11) is 0. The zero-order chi connectivity index (χ0) is 27.3. The van der Waals surface area contributed by atoms with Gasteiger partial charge in [0.15, 0.2) is 0 Å². The van der Waals surface area contributed by atoms with Gasteiger partial charge in [-0.25, -0.2) is 4.79 Å². The molecule has 0 aromatic heterocycles. The zero-order valence-electron chi connectivity index (χ0n) is 25.0. The number of rotatable bonds is 13. The number of hydrogen-bond acceptors (Lipinski definition) is 2.